The zero-order valence-electron chi connectivity index (χ0n) is 10.9. The predicted octanol–water partition coefficient (Wildman–Crippen LogP) is 2.65. The fraction of sp³-hybridized carbons (Fsp3) is 0.167. The monoisotopic (exact) mass is 341 g/mol. The lowest BCUT2D eigenvalue weighted by atomic mass is 10.4. The van der Waals surface area contributed by atoms with Crippen molar-refractivity contribution in [2.24, 2.45) is 0 Å². The van der Waals surface area contributed by atoms with Crippen LogP contribution in [-0.2, 0) is 16.6 Å². The molecule has 0 aliphatic heterocycles. The maximum atomic E-state index is 12.1. The van der Waals surface area contributed by atoms with E-state index in [1.54, 1.807) is 12.1 Å². The van der Waals surface area contributed by atoms with E-state index in [4.69, 9.17) is 4.52 Å². The number of sulfonamides is 1. The first kappa shape index (κ1) is 14.4. The van der Waals surface area contributed by atoms with Crippen LogP contribution >= 0.6 is 22.7 Å². The van der Waals surface area contributed by atoms with E-state index in [0.29, 0.717) is 5.82 Å². The first-order chi connectivity index (χ1) is 10.0. The highest BCUT2D eigenvalue weighted by atomic mass is 32.2. The molecule has 6 nitrogen and oxygen atoms in total. The van der Waals surface area contributed by atoms with Crippen LogP contribution in [0.1, 0.15) is 10.8 Å². The molecule has 0 bridgehead atoms. The molecule has 3 heterocycles. The second-order valence-corrected chi connectivity index (χ2v) is 8.41. The van der Waals surface area contributed by atoms with Crippen LogP contribution in [0.4, 0.5) is 0 Å². The number of nitrogens with one attached hydrogen (secondary N) is 1. The lowest BCUT2D eigenvalue weighted by Crippen LogP contribution is -2.22. The van der Waals surface area contributed by atoms with Gasteiger partial charge < -0.3 is 4.52 Å². The summed E-state index contributed by atoms with van der Waals surface area (Å²) in [5, 5.41) is 5.74. The van der Waals surface area contributed by atoms with E-state index in [-0.39, 0.29) is 16.6 Å². The number of rotatable bonds is 5. The molecular formula is C12H11N3O3S3. The van der Waals surface area contributed by atoms with Crippen LogP contribution in [0, 0.1) is 6.92 Å². The minimum atomic E-state index is -3.54. The molecule has 0 saturated carbocycles. The highest BCUT2D eigenvalue weighted by Crippen LogP contribution is 2.22. The van der Waals surface area contributed by atoms with E-state index in [2.05, 4.69) is 14.9 Å². The van der Waals surface area contributed by atoms with Crippen molar-refractivity contribution in [3.8, 4) is 10.7 Å². The van der Waals surface area contributed by atoms with E-state index in [9.17, 15) is 8.42 Å². The molecule has 0 saturated heterocycles. The maximum absolute atomic E-state index is 12.1. The molecule has 110 valence electrons. The Hall–Kier alpha value is -1.55. The summed E-state index contributed by atoms with van der Waals surface area (Å²) >= 11 is 2.71. The predicted molar refractivity (Wildman–Crippen MR) is 80.7 cm³/mol. The Balaban J connectivity index is 1.71. The van der Waals surface area contributed by atoms with Gasteiger partial charge in [-0.25, -0.2) is 13.1 Å². The average molecular weight is 341 g/mol. The highest BCUT2D eigenvalue weighted by molar-refractivity contribution is 7.91. The molecule has 0 atom stereocenters. The molecule has 0 fully saturated rings. The van der Waals surface area contributed by atoms with Crippen LogP contribution in [0.15, 0.2) is 38.4 Å². The largest absolute Gasteiger partial charge is 0.337 e. The van der Waals surface area contributed by atoms with Gasteiger partial charge in [-0.05, 0) is 30.5 Å². The summed E-state index contributed by atoms with van der Waals surface area (Å²) in [4.78, 5) is 5.98. The van der Waals surface area contributed by atoms with Gasteiger partial charge in [-0.3, -0.25) is 0 Å². The van der Waals surface area contributed by atoms with Gasteiger partial charge in [0.25, 0.3) is 10.0 Å². The third-order valence-electron chi connectivity index (χ3n) is 2.60. The zero-order chi connectivity index (χ0) is 14.9. The fourth-order valence-electron chi connectivity index (χ4n) is 1.62. The van der Waals surface area contributed by atoms with Gasteiger partial charge in [0.1, 0.15) is 4.21 Å². The van der Waals surface area contributed by atoms with Gasteiger partial charge in [0.15, 0.2) is 0 Å². The summed E-state index contributed by atoms with van der Waals surface area (Å²) in [5.41, 5.74) is 0. The van der Waals surface area contributed by atoms with Crippen molar-refractivity contribution in [2.75, 3.05) is 0 Å². The Morgan fingerprint density at radius 2 is 2.19 bits per heavy atom. The molecule has 9 heteroatoms. The number of hydrogen-bond acceptors (Lipinski definition) is 7. The third kappa shape index (κ3) is 3.21. The van der Waals surface area contributed by atoms with Crippen molar-refractivity contribution in [2.45, 2.75) is 17.7 Å². The van der Waals surface area contributed by atoms with E-state index in [0.717, 1.165) is 9.75 Å². The molecule has 0 spiro atoms. The van der Waals surface area contributed by atoms with Crippen LogP contribution in [0.25, 0.3) is 10.7 Å². The molecule has 0 radical (unpaired) electrons. The average Bonchev–Trinajstić information content (AvgIpc) is 3.17. The lowest BCUT2D eigenvalue weighted by molar-refractivity contribution is 0.376. The fourth-order valence-corrected chi connectivity index (χ4v) is 4.57. The van der Waals surface area contributed by atoms with Crippen molar-refractivity contribution in [3.63, 3.8) is 0 Å². The van der Waals surface area contributed by atoms with E-state index >= 15 is 0 Å². The molecule has 0 aliphatic carbocycles. The third-order valence-corrected chi connectivity index (χ3v) is 6.36. The number of aryl methyl sites for hydroxylation is 1. The molecule has 0 amide bonds. The Bertz CT molecular complexity index is 834. The molecule has 21 heavy (non-hydrogen) atoms. The summed E-state index contributed by atoms with van der Waals surface area (Å²) in [6.07, 6.45) is 0. The quantitative estimate of drug-likeness (QED) is 0.771. The van der Waals surface area contributed by atoms with Gasteiger partial charge in [-0.2, -0.15) is 4.98 Å². The topological polar surface area (TPSA) is 85.1 Å². The Kier molecular flexibility index (Phi) is 3.89. The van der Waals surface area contributed by atoms with Gasteiger partial charge in [-0.1, -0.05) is 11.2 Å². The second-order valence-electron chi connectivity index (χ2n) is 4.18. The Morgan fingerprint density at radius 1 is 1.33 bits per heavy atom. The molecule has 3 aromatic rings. The summed E-state index contributed by atoms with van der Waals surface area (Å²) in [6, 6.07) is 7.10. The van der Waals surface area contributed by atoms with Gasteiger partial charge in [0.2, 0.25) is 11.7 Å². The summed E-state index contributed by atoms with van der Waals surface area (Å²) in [5.74, 6) is 0.696. The SMILES string of the molecule is Cc1ccc(S(=O)(=O)NCc2nc(-c3cccs3)no2)s1. The molecule has 3 rings (SSSR count). The minimum Gasteiger partial charge on any atom is -0.337 e. The summed E-state index contributed by atoms with van der Waals surface area (Å²) in [6.45, 7) is 1.83. The first-order valence-corrected chi connectivity index (χ1v) is 9.15. The van der Waals surface area contributed by atoms with Gasteiger partial charge in [0, 0.05) is 4.88 Å². The Labute approximate surface area is 129 Å². The first-order valence-electron chi connectivity index (χ1n) is 5.97. The number of aromatic nitrogens is 2. The highest BCUT2D eigenvalue weighted by Gasteiger charge is 2.18. The maximum Gasteiger partial charge on any atom is 0.250 e. The van der Waals surface area contributed by atoms with E-state index < -0.39 is 10.0 Å². The molecule has 0 aliphatic rings. The lowest BCUT2D eigenvalue weighted by Gasteiger charge is -2.00. The van der Waals surface area contributed by atoms with Crippen molar-refractivity contribution in [1.82, 2.24) is 14.9 Å². The van der Waals surface area contributed by atoms with Gasteiger partial charge in [0.05, 0.1) is 11.4 Å². The normalized spacial score (nSPS) is 11.9. The molecule has 1 N–H and O–H groups in total. The number of thiophene rings is 2. The van der Waals surface area contributed by atoms with Crippen molar-refractivity contribution in [3.05, 3.63) is 40.4 Å². The van der Waals surface area contributed by atoms with Crippen molar-refractivity contribution >= 4 is 32.7 Å². The molecule has 3 aromatic heterocycles. The standard InChI is InChI=1S/C12H11N3O3S3/c1-8-4-5-11(20-8)21(16,17)13-7-10-14-12(15-18-10)9-3-2-6-19-9/h2-6,13H,7H2,1H3. The smallest absolute Gasteiger partial charge is 0.250 e. The van der Waals surface area contributed by atoms with Crippen molar-refractivity contribution in [1.29, 1.82) is 0 Å². The van der Waals surface area contributed by atoms with Crippen LogP contribution in [0.5, 0.6) is 0 Å². The Morgan fingerprint density at radius 3 is 2.86 bits per heavy atom. The van der Waals surface area contributed by atoms with Crippen LogP contribution in [0.2, 0.25) is 0 Å². The van der Waals surface area contributed by atoms with Crippen LogP contribution in [-0.4, -0.2) is 18.6 Å². The molecular weight excluding hydrogens is 330 g/mol. The second kappa shape index (κ2) is 5.68. The zero-order valence-corrected chi connectivity index (χ0v) is 13.4. The number of nitrogens with zero attached hydrogens (tertiary/aromatic N) is 2. The summed E-state index contributed by atoms with van der Waals surface area (Å²) in [7, 11) is -3.54. The molecule has 0 aromatic carbocycles. The summed E-state index contributed by atoms with van der Waals surface area (Å²) < 4.78 is 31.9. The van der Waals surface area contributed by atoms with Gasteiger partial charge >= 0.3 is 0 Å². The number of hydrogen-bond donors (Lipinski definition) is 1. The minimum absolute atomic E-state index is 0.0301. The van der Waals surface area contributed by atoms with Gasteiger partial charge in [-0.15, -0.1) is 22.7 Å². The van der Waals surface area contributed by atoms with E-state index in [1.165, 1.54) is 22.7 Å². The van der Waals surface area contributed by atoms with Crippen molar-refractivity contribution < 1.29 is 12.9 Å². The van der Waals surface area contributed by atoms with Crippen LogP contribution in [0.3, 0.4) is 0 Å². The van der Waals surface area contributed by atoms with E-state index in [1.807, 2.05) is 24.4 Å². The van der Waals surface area contributed by atoms with Crippen LogP contribution < -0.4 is 4.72 Å². The molecule has 0 unspecified atom stereocenters.